The number of ether oxygens (including phenoxy) is 2. The molecule has 2 aromatic carbocycles. The normalized spacial score (nSPS) is 14.8. The van der Waals surface area contributed by atoms with Crippen LogP contribution in [0.2, 0.25) is 0 Å². The largest absolute Gasteiger partial charge is 0.493 e. The van der Waals surface area contributed by atoms with E-state index < -0.39 is 10.0 Å². The van der Waals surface area contributed by atoms with E-state index in [1.807, 2.05) is 0 Å². The highest BCUT2D eigenvalue weighted by atomic mass is 79.9. The molecule has 1 saturated heterocycles. The van der Waals surface area contributed by atoms with Crippen molar-refractivity contribution in [3.8, 4) is 23.8 Å². The van der Waals surface area contributed by atoms with Gasteiger partial charge in [0.05, 0.1) is 12.0 Å². The lowest BCUT2D eigenvalue weighted by atomic mass is 10.2. The van der Waals surface area contributed by atoms with E-state index in [2.05, 4.69) is 21.9 Å². The van der Waals surface area contributed by atoms with Crippen molar-refractivity contribution >= 4 is 37.9 Å². The summed E-state index contributed by atoms with van der Waals surface area (Å²) >= 11 is 3.31. The molecule has 7 nitrogen and oxygen atoms in total. The second-order valence-electron chi connectivity index (χ2n) is 6.92. The van der Waals surface area contributed by atoms with Crippen molar-refractivity contribution in [1.82, 2.24) is 9.21 Å². The summed E-state index contributed by atoms with van der Waals surface area (Å²) in [5.74, 6) is 3.25. The number of sulfonamides is 1. The quantitative estimate of drug-likeness (QED) is 0.416. The Morgan fingerprint density at radius 2 is 1.81 bits per heavy atom. The Balaban J connectivity index is 1.60. The molecule has 2 aromatic rings. The molecule has 0 saturated carbocycles. The average Bonchev–Trinajstić information content (AvgIpc) is 2.81. The van der Waals surface area contributed by atoms with Crippen LogP contribution in [0.25, 0.3) is 6.08 Å². The van der Waals surface area contributed by atoms with E-state index in [0.29, 0.717) is 24.6 Å². The lowest BCUT2D eigenvalue weighted by molar-refractivity contribution is -0.127. The van der Waals surface area contributed by atoms with Crippen LogP contribution < -0.4 is 9.47 Å². The van der Waals surface area contributed by atoms with Crippen molar-refractivity contribution in [2.45, 2.75) is 4.90 Å². The van der Waals surface area contributed by atoms with Crippen molar-refractivity contribution in [1.29, 1.82) is 0 Å². The number of methoxy groups -OCH3 is 1. The maximum absolute atomic E-state index is 12.8. The van der Waals surface area contributed by atoms with E-state index in [9.17, 15) is 13.2 Å². The molecule has 0 N–H and O–H groups in total. The van der Waals surface area contributed by atoms with E-state index in [0.717, 1.165) is 10.0 Å². The summed E-state index contributed by atoms with van der Waals surface area (Å²) in [5.41, 5.74) is 0.764. The van der Waals surface area contributed by atoms with Gasteiger partial charge in [0.1, 0.15) is 6.61 Å². The molecule has 1 amide bonds. The van der Waals surface area contributed by atoms with Gasteiger partial charge in [-0.1, -0.05) is 27.9 Å². The lowest BCUT2D eigenvalue weighted by Crippen LogP contribution is -2.50. The summed E-state index contributed by atoms with van der Waals surface area (Å²) in [7, 11) is -2.06. The van der Waals surface area contributed by atoms with E-state index in [1.165, 1.54) is 17.5 Å². The first kappa shape index (κ1) is 23.9. The number of nitrogens with zero attached hydrogens (tertiary/aromatic N) is 2. The summed E-state index contributed by atoms with van der Waals surface area (Å²) in [4.78, 5) is 14.5. The number of carbonyl (C=O) groups excluding carboxylic acids is 1. The smallest absolute Gasteiger partial charge is 0.246 e. The minimum atomic E-state index is -3.58. The molecule has 0 atom stereocenters. The van der Waals surface area contributed by atoms with Crippen LogP contribution in [-0.2, 0) is 14.8 Å². The zero-order valence-corrected chi connectivity index (χ0v) is 19.9. The first-order valence-corrected chi connectivity index (χ1v) is 12.1. The summed E-state index contributed by atoms with van der Waals surface area (Å²) < 4.78 is 38.5. The van der Waals surface area contributed by atoms with Crippen LogP contribution in [0.4, 0.5) is 0 Å². The third kappa shape index (κ3) is 5.71. The zero-order valence-electron chi connectivity index (χ0n) is 17.5. The predicted molar refractivity (Wildman–Crippen MR) is 126 cm³/mol. The molecule has 0 bridgehead atoms. The minimum Gasteiger partial charge on any atom is -0.493 e. The molecule has 0 spiro atoms. The number of halogens is 1. The van der Waals surface area contributed by atoms with Gasteiger partial charge in [0.25, 0.3) is 0 Å². The maximum atomic E-state index is 12.8. The first-order chi connectivity index (χ1) is 15.3. The van der Waals surface area contributed by atoms with Crippen molar-refractivity contribution in [2.24, 2.45) is 0 Å². The van der Waals surface area contributed by atoms with Gasteiger partial charge in [-0.05, 0) is 48.0 Å². The molecule has 0 radical (unpaired) electrons. The number of carbonyl (C=O) groups is 1. The van der Waals surface area contributed by atoms with E-state index in [1.54, 1.807) is 53.4 Å². The zero-order chi connectivity index (χ0) is 23.1. The second-order valence-corrected chi connectivity index (χ2v) is 9.77. The molecule has 1 aliphatic heterocycles. The fourth-order valence-electron chi connectivity index (χ4n) is 3.20. The fraction of sp³-hybridized carbons (Fsp3) is 0.261. The molecule has 0 aromatic heterocycles. The molecule has 3 rings (SSSR count). The fourth-order valence-corrected chi connectivity index (χ4v) is 4.89. The monoisotopic (exact) mass is 518 g/mol. The highest BCUT2D eigenvalue weighted by molar-refractivity contribution is 9.10. The summed E-state index contributed by atoms with van der Waals surface area (Å²) in [6.45, 7) is 1.26. The van der Waals surface area contributed by atoms with Gasteiger partial charge in [0, 0.05) is 36.7 Å². The molecule has 0 aliphatic carbocycles. The van der Waals surface area contributed by atoms with Crippen LogP contribution in [-0.4, -0.2) is 63.4 Å². The van der Waals surface area contributed by atoms with Gasteiger partial charge < -0.3 is 14.4 Å². The van der Waals surface area contributed by atoms with Crippen molar-refractivity contribution in [3.63, 3.8) is 0 Å². The number of hydrogen-bond donors (Lipinski definition) is 0. The first-order valence-electron chi connectivity index (χ1n) is 9.82. The van der Waals surface area contributed by atoms with Gasteiger partial charge in [0.2, 0.25) is 15.9 Å². The Morgan fingerprint density at radius 1 is 1.12 bits per heavy atom. The number of piperazine rings is 1. The van der Waals surface area contributed by atoms with Crippen LogP contribution in [0.5, 0.6) is 11.5 Å². The van der Waals surface area contributed by atoms with Crippen molar-refractivity contribution < 1.29 is 22.7 Å². The third-order valence-corrected chi connectivity index (χ3v) is 7.36. The number of rotatable bonds is 7. The van der Waals surface area contributed by atoms with Gasteiger partial charge in [-0.3, -0.25) is 4.79 Å². The average molecular weight is 519 g/mol. The SMILES string of the molecule is C#CCOc1ccc(/C=C/C(=O)N2CCN(S(=O)(=O)c3ccc(Br)cc3)CC2)cc1OC. The predicted octanol–water partition coefficient (Wildman–Crippen LogP) is 3.02. The van der Waals surface area contributed by atoms with E-state index >= 15 is 0 Å². The number of hydrogen-bond acceptors (Lipinski definition) is 5. The molecular weight excluding hydrogens is 496 g/mol. The van der Waals surface area contributed by atoms with Crippen LogP contribution in [0.3, 0.4) is 0 Å². The Hall–Kier alpha value is -2.80. The van der Waals surface area contributed by atoms with Gasteiger partial charge in [-0.15, -0.1) is 6.42 Å². The Kier molecular flexibility index (Phi) is 7.96. The van der Waals surface area contributed by atoms with Crippen LogP contribution >= 0.6 is 15.9 Å². The Bertz CT molecular complexity index is 1130. The highest BCUT2D eigenvalue weighted by Gasteiger charge is 2.29. The number of terminal acetylenes is 1. The molecule has 1 heterocycles. The number of amides is 1. The molecule has 168 valence electrons. The maximum Gasteiger partial charge on any atom is 0.246 e. The summed E-state index contributed by atoms with van der Waals surface area (Å²) in [6, 6.07) is 11.8. The van der Waals surface area contributed by atoms with E-state index in [-0.39, 0.29) is 30.5 Å². The van der Waals surface area contributed by atoms with Crippen molar-refractivity contribution in [3.05, 3.63) is 58.6 Å². The molecule has 9 heteroatoms. The topological polar surface area (TPSA) is 76.2 Å². The van der Waals surface area contributed by atoms with Gasteiger partial charge in [0.15, 0.2) is 11.5 Å². The highest BCUT2D eigenvalue weighted by Crippen LogP contribution is 2.28. The summed E-state index contributed by atoms with van der Waals surface area (Å²) in [5, 5.41) is 0. The molecule has 0 unspecified atom stereocenters. The Labute approximate surface area is 196 Å². The Morgan fingerprint density at radius 3 is 2.44 bits per heavy atom. The van der Waals surface area contributed by atoms with Crippen LogP contribution in [0.15, 0.2) is 57.9 Å². The summed E-state index contributed by atoms with van der Waals surface area (Å²) in [6.07, 6.45) is 8.36. The van der Waals surface area contributed by atoms with Gasteiger partial charge in [-0.25, -0.2) is 8.42 Å². The molecular formula is C23H23BrN2O5S. The minimum absolute atomic E-state index is 0.132. The number of benzene rings is 2. The molecule has 1 aliphatic rings. The standard InChI is InChI=1S/C23H23BrN2O5S/c1-3-16-31-21-10-4-18(17-22(21)30-2)5-11-23(27)25-12-14-26(15-13-25)32(28,29)20-8-6-19(24)7-9-20/h1,4-11,17H,12-16H2,2H3/b11-5+. The van der Waals surface area contributed by atoms with Crippen LogP contribution in [0.1, 0.15) is 5.56 Å². The lowest BCUT2D eigenvalue weighted by Gasteiger charge is -2.33. The van der Waals surface area contributed by atoms with Gasteiger partial charge in [-0.2, -0.15) is 4.31 Å². The molecule has 32 heavy (non-hydrogen) atoms. The molecule has 1 fully saturated rings. The third-order valence-electron chi connectivity index (χ3n) is 4.92. The van der Waals surface area contributed by atoms with Crippen molar-refractivity contribution in [2.75, 3.05) is 39.9 Å². The van der Waals surface area contributed by atoms with E-state index in [4.69, 9.17) is 15.9 Å². The second kappa shape index (κ2) is 10.7. The van der Waals surface area contributed by atoms with Gasteiger partial charge >= 0.3 is 0 Å². The van der Waals surface area contributed by atoms with Crippen LogP contribution in [0, 0.1) is 12.3 Å².